The lowest BCUT2D eigenvalue weighted by Crippen LogP contribution is -1.94. The van der Waals surface area contributed by atoms with Crippen LogP contribution in [0, 0.1) is 10.1 Å². The molecule has 0 saturated carbocycles. The number of aromatic nitrogens is 1. The van der Waals surface area contributed by atoms with E-state index < -0.39 is 4.92 Å². The Kier molecular flexibility index (Phi) is 3.61. The number of methoxy groups -OCH3 is 2. The van der Waals surface area contributed by atoms with E-state index in [4.69, 9.17) is 9.47 Å². The number of rotatable bonds is 4. The Labute approximate surface area is 109 Å². The topological polar surface area (TPSA) is 74.5 Å². The number of nitro groups is 1. The fourth-order valence-corrected chi connectivity index (χ4v) is 1.67. The summed E-state index contributed by atoms with van der Waals surface area (Å²) in [5.41, 5.74) is 1.67. The molecule has 0 aliphatic heterocycles. The van der Waals surface area contributed by atoms with Crippen LogP contribution in [0.3, 0.4) is 0 Å². The van der Waals surface area contributed by atoms with Gasteiger partial charge in [-0.1, -0.05) is 0 Å². The van der Waals surface area contributed by atoms with Gasteiger partial charge in [0.1, 0.15) is 0 Å². The summed E-state index contributed by atoms with van der Waals surface area (Å²) in [6.45, 7) is 0. The maximum atomic E-state index is 10.6. The van der Waals surface area contributed by atoms with Crippen molar-refractivity contribution >= 4 is 5.69 Å². The molecule has 0 radical (unpaired) electrons. The predicted octanol–water partition coefficient (Wildman–Crippen LogP) is 2.67. The molecule has 6 nitrogen and oxygen atoms in total. The third-order valence-electron chi connectivity index (χ3n) is 2.64. The van der Waals surface area contributed by atoms with E-state index in [9.17, 15) is 10.1 Å². The number of hydrogen-bond acceptors (Lipinski definition) is 5. The number of nitrogens with zero attached hydrogens (tertiary/aromatic N) is 2. The van der Waals surface area contributed by atoms with Gasteiger partial charge in [-0.2, -0.15) is 0 Å². The molecular weight excluding hydrogens is 248 g/mol. The highest BCUT2D eigenvalue weighted by molar-refractivity contribution is 5.66. The number of nitro benzene ring substituents is 1. The molecule has 2 aromatic rings. The quantitative estimate of drug-likeness (QED) is 0.624. The summed E-state index contributed by atoms with van der Waals surface area (Å²) in [5, 5.41) is 10.6. The number of non-ortho nitro benzene ring substituents is 1. The molecule has 2 rings (SSSR count). The van der Waals surface area contributed by atoms with Crippen LogP contribution >= 0.6 is 0 Å². The van der Waals surface area contributed by atoms with Crippen molar-refractivity contribution in [2.45, 2.75) is 0 Å². The van der Waals surface area contributed by atoms with E-state index >= 15 is 0 Å². The van der Waals surface area contributed by atoms with Gasteiger partial charge in [-0.3, -0.25) is 10.1 Å². The first-order valence-electron chi connectivity index (χ1n) is 5.48. The first-order valence-corrected chi connectivity index (χ1v) is 5.48. The molecule has 0 amide bonds. The molecular formula is C13H12N2O4. The Balaban J connectivity index is 2.38. The largest absolute Gasteiger partial charge is 0.491 e. The van der Waals surface area contributed by atoms with Gasteiger partial charge in [0.15, 0.2) is 5.75 Å². The van der Waals surface area contributed by atoms with E-state index in [1.54, 1.807) is 24.4 Å². The zero-order valence-corrected chi connectivity index (χ0v) is 10.5. The lowest BCUT2D eigenvalue weighted by molar-refractivity contribution is -0.384. The van der Waals surface area contributed by atoms with Crippen LogP contribution in [-0.2, 0) is 0 Å². The van der Waals surface area contributed by atoms with Gasteiger partial charge in [-0.05, 0) is 23.8 Å². The molecule has 0 unspecified atom stereocenters. The Bertz CT molecular complexity index is 596. The average Bonchev–Trinajstić information content (AvgIpc) is 2.46. The monoisotopic (exact) mass is 260 g/mol. The molecule has 0 N–H and O–H groups in total. The lowest BCUT2D eigenvalue weighted by Gasteiger charge is -2.08. The fraction of sp³-hybridized carbons (Fsp3) is 0.154. The van der Waals surface area contributed by atoms with Gasteiger partial charge in [0.25, 0.3) is 11.6 Å². The molecule has 0 fully saturated rings. The molecule has 0 aliphatic rings. The number of hydrogen-bond donors (Lipinski definition) is 0. The number of benzene rings is 1. The van der Waals surface area contributed by atoms with Crippen LogP contribution < -0.4 is 9.47 Å². The minimum absolute atomic E-state index is 0.0529. The maximum absolute atomic E-state index is 10.6. The molecule has 6 heteroatoms. The van der Waals surface area contributed by atoms with Crippen LogP contribution in [-0.4, -0.2) is 24.1 Å². The summed E-state index contributed by atoms with van der Waals surface area (Å²) in [6, 6.07) is 8.01. The van der Waals surface area contributed by atoms with E-state index in [-0.39, 0.29) is 5.69 Å². The molecule has 98 valence electrons. The molecule has 1 aromatic carbocycles. The Morgan fingerprint density at radius 3 is 2.32 bits per heavy atom. The van der Waals surface area contributed by atoms with Crippen molar-refractivity contribution in [3.05, 3.63) is 46.6 Å². The van der Waals surface area contributed by atoms with Crippen LogP contribution in [0.5, 0.6) is 11.6 Å². The zero-order chi connectivity index (χ0) is 13.8. The van der Waals surface area contributed by atoms with Crippen LogP contribution in [0.4, 0.5) is 5.69 Å². The summed E-state index contributed by atoms with van der Waals surface area (Å²) in [5.74, 6) is 0.909. The normalized spacial score (nSPS) is 10.0. The summed E-state index contributed by atoms with van der Waals surface area (Å²) in [6.07, 6.45) is 1.63. The lowest BCUT2D eigenvalue weighted by atomic mass is 10.1. The summed E-state index contributed by atoms with van der Waals surface area (Å²) < 4.78 is 10.2. The molecule has 0 atom stereocenters. The highest BCUT2D eigenvalue weighted by atomic mass is 16.6. The maximum Gasteiger partial charge on any atom is 0.269 e. The highest BCUT2D eigenvalue weighted by Crippen LogP contribution is 2.30. The summed E-state index contributed by atoms with van der Waals surface area (Å²) in [7, 11) is 3.04. The van der Waals surface area contributed by atoms with Crippen LogP contribution in [0.1, 0.15) is 0 Å². The van der Waals surface area contributed by atoms with E-state index in [2.05, 4.69) is 4.98 Å². The van der Waals surface area contributed by atoms with E-state index in [0.29, 0.717) is 11.6 Å². The number of ether oxygens (including phenoxy) is 2. The second-order valence-electron chi connectivity index (χ2n) is 3.74. The van der Waals surface area contributed by atoms with E-state index in [0.717, 1.165) is 11.1 Å². The number of pyridine rings is 1. The highest BCUT2D eigenvalue weighted by Gasteiger charge is 2.09. The van der Waals surface area contributed by atoms with Gasteiger partial charge in [0.2, 0.25) is 0 Å². The molecule has 0 bridgehead atoms. The third-order valence-corrected chi connectivity index (χ3v) is 2.64. The van der Waals surface area contributed by atoms with Crippen molar-refractivity contribution in [2.24, 2.45) is 0 Å². The van der Waals surface area contributed by atoms with Crippen molar-refractivity contribution in [2.75, 3.05) is 14.2 Å². The second kappa shape index (κ2) is 5.34. The molecule has 1 heterocycles. The van der Waals surface area contributed by atoms with Gasteiger partial charge in [0.05, 0.1) is 19.1 Å². The minimum atomic E-state index is -0.434. The molecule has 19 heavy (non-hydrogen) atoms. The average molecular weight is 260 g/mol. The van der Waals surface area contributed by atoms with Crippen LogP contribution in [0.25, 0.3) is 11.1 Å². The standard InChI is InChI=1S/C13H12N2O4/c1-18-12-7-10(8-14-13(12)19-2)9-3-5-11(6-4-9)15(16)17/h3-8H,1-2H3. The van der Waals surface area contributed by atoms with E-state index in [1.807, 2.05) is 0 Å². The molecule has 0 saturated heterocycles. The van der Waals surface area contributed by atoms with Crippen LogP contribution in [0.2, 0.25) is 0 Å². The first kappa shape index (κ1) is 12.8. The summed E-state index contributed by atoms with van der Waals surface area (Å²) >= 11 is 0. The van der Waals surface area contributed by atoms with Gasteiger partial charge in [-0.25, -0.2) is 4.98 Å². The Hall–Kier alpha value is -2.63. The van der Waals surface area contributed by atoms with Crippen LogP contribution in [0.15, 0.2) is 36.5 Å². The zero-order valence-electron chi connectivity index (χ0n) is 10.5. The predicted molar refractivity (Wildman–Crippen MR) is 69.4 cm³/mol. The van der Waals surface area contributed by atoms with Gasteiger partial charge >= 0.3 is 0 Å². The molecule has 0 aliphatic carbocycles. The SMILES string of the molecule is COc1cc(-c2ccc([N+](=O)[O-])cc2)cnc1OC. The minimum Gasteiger partial charge on any atom is -0.491 e. The van der Waals surface area contributed by atoms with Gasteiger partial charge < -0.3 is 9.47 Å². The van der Waals surface area contributed by atoms with Crippen molar-refractivity contribution in [1.82, 2.24) is 4.98 Å². The van der Waals surface area contributed by atoms with Crippen molar-refractivity contribution in [3.8, 4) is 22.8 Å². The third kappa shape index (κ3) is 2.62. The Morgan fingerprint density at radius 2 is 1.79 bits per heavy atom. The van der Waals surface area contributed by atoms with Gasteiger partial charge in [0, 0.05) is 23.9 Å². The van der Waals surface area contributed by atoms with Crippen molar-refractivity contribution in [3.63, 3.8) is 0 Å². The molecule has 0 spiro atoms. The van der Waals surface area contributed by atoms with Crippen molar-refractivity contribution in [1.29, 1.82) is 0 Å². The summed E-state index contributed by atoms with van der Waals surface area (Å²) in [4.78, 5) is 14.3. The van der Waals surface area contributed by atoms with E-state index in [1.165, 1.54) is 26.4 Å². The first-order chi connectivity index (χ1) is 9.15. The smallest absolute Gasteiger partial charge is 0.269 e. The van der Waals surface area contributed by atoms with Gasteiger partial charge in [-0.15, -0.1) is 0 Å². The molecule has 1 aromatic heterocycles. The van der Waals surface area contributed by atoms with Crippen molar-refractivity contribution < 1.29 is 14.4 Å². The fourth-order valence-electron chi connectivity index (χ4n) is 1.67. The Morgan fingerprint density at radius 1 is 1.11 bits per heavy atom. The second-order valence-corrected chi connectivity index (χ2v) is 3.74.